The first-order valence-electron chi connectivity index (χ1n) is 8.98. The van der Waals surface area contributed by atoms with Crippen LogP contribution in [0, 0.1) is 5.92 Å². The van der Waals surface area contributed by atoms with Crippen LogP contribution in [-0.4, -0.2) is 48.8 Å². The van der Waals surface area contributed by atoms with E-state index >= 15 is 0 Å². The third kappa shape index (κ3) is 2.53. The van der Waals surface area contributed by atoms with Crippen molar-refractivity contribution in [3.05, 3.63) is 23.8 Å². The monoisotopic (exact) mass is 358 g/mol. The van der Waals surface area contributed by atoms with Crippen molar-refractivity contribution in [2.45, 2.75) is 44.2 Å². The maximum absolute atomic E-state index is 13.1. The standard InChI is InChI=1S/C19H22N2O5/c1-24-12-8-9-13(14(10-12)25-2)16-15-17(26-20-16)19(23)21(18(15)22)11-6-4-3-5-7-11/h8-11,15,17H,3-7H2,1-2H3/t15-,17+/m1/s1. The van der Waals surface area contributed by atoms with E-state index in [4.69, 9.17) is 14.3 Å². The lowest BCUT2D eigenvalue weighted by Crippen LogP contribution is -2.43. The molecule has 4 rings (SSSR count). The fraction of sp³-hybridized carbons (Fsp3) is 0.526. The Kier molecular flexibility index (Phi) is 4.30. The van der Waals surface area contributed by atoms with E-state index in [1.54, 1.807) is 32.4 Å². The van der Waals surface area contributed by atoms with Crippen LogP contribution in [0.5, 0.6) is 11.5 Å². The first-order chi connectivity index (χ1) is 12.7. The molecule has 1 aromatic carbocycles. The van der Waals surface area contributed by atoms with Crippen LogP contribution >= 0.6 is 0 Å². The lowest BCUT2D eigenvalue weighted by molar-refractivity contribution is -0.145. The summed E-state index contributed by atoms with van der Waals surface area (Å²) in [7, 11) is 3.12. The van der Waals surface area contributed by atoms with Crippen LogP contribution in [0.2, 0.25) is 0 Å². The van der Waals surface area contributed by atoms with Crippen molar-refractivity contribution in [2.24, 2.45) is 11.1 Å². The topological polar surface area (TPSA) is 77.4 Å². The molecular weight excluding hydrogens is 336 g/mol. The van der Waals surface area contributed by atoms with Gasteiger partial charge in [-0.15, -0.1) is 0 Å². The summed E-state index contributed by atoms with van der Waals surface area (Å²) < 4.78 is 10.6. The molecule has 2 atom stereocenters. The number of fused-ring (bicyclic) bond motifs is 1. The van der Waals surface area contributed by atoms with Crippen molar-refractivity contribution in [1.82, 2.24) is 4.90 Å². The van der Waals surface area contributed by atoms with Gasteiger partial charge in [0, 0.05) is 17.7 Å². The summed E-state index contributed by atoms with van der Waals surface area (Å²) in [6.07, 6.45) is 4.14. The number of likely N-dealkylation sites (tertiary alicyclic amines) is 1. The summed E-state index contributed by atoms with van der Waals surface area (Å²) in [5.74, 6) is -0.00564. The van der Waals surface area contributed by atoms with E-state index in [9.17, 15) is 9.59 Å². The van der Waals surface area contributed by atoms with E-state index in [1.807, 2.05) is 0 Å². The Balaban J connectivity index is 1.65. The molecule has 2 amide bonds. The summed E-state index contributed by atoms with van der Waals surface area (Å²) in [5, 5.41) is 4.06. The number of oxime groups is 1. The molecule has 1 aliphatic carbocycles. The van der Waals surface area contributed by atoms with Gasteiger partial charge < -0.3 is 14.3 Å². The average molecular weight is 358 g/mol. The number of imide groups is 1. The molecule has 7 heteroatoms. The minimum Gasteiger partial charge on any atom is -0.497 e. The second-order valence-corrected chi connectivity index (χ2v) is 6.88. The van der Waals surface area contributed by atoms with E-state index in [-0.39, 0.29) is 17.9 Å². The minimum absolute atomic E-state index is 0.0167. The number of hydrogen-bond acceptors (Lipinski definition) is 6. The highest BCUT2D eigenvalue weighted by Gasteiger charge is 2.57. The SMILES string of the molecule is COc1ccc(C2=NO[C@@H]3C(=O)N(C4CCCCC4)C(=O)[C@H]23)c(OC)c1. The van der Waals surface area contributed by atoms with Crippen LogP contribution < -0.4 is 9.47 Å². The number of hydrogen-bond donors (Lipinski definition) is 0. The third-order valence-corrected chi connectivity index (χ3v) is 5.47. The van der Waals surface area contributed by atoms with E-state index in [1.165, 1.54) is 4.90 Å². The molecule has 2 fully saturated rings. The zero-order valence-corrected chi connectivity index (χ0v) is 14.9. The summed E-state index contributed by atoms with van der Waals surface area (Å²) in [6.45, 7) is 0. The summed E-state index contributed by atoms with van der Waals surface area (Å²) in [4.78, 5) is 32.7. The number of methoxy groups -OCH3 is 2. The van der Waals surface area contributed by atoms with E-state index in [2.05, 4.69) is 5.16 Å². The van der Waals surface area contributed by atoms with Gasteiger partial charge in [-0.1, -0.05) is 24.4 Å². The number of carbonyl (C=O) groups is 2. The molecule has 1 saturated heterocycles. The molecule has 0 radical (unpaired) electrons. The van der Waals surface area contributed by atoms with E-state index in [0.29, 0.717) is 22.8 Å². The van der Waals surface area contributed by atoms with E-state index < -0.39 is 12.0 Å². The van der Waals surface area contributed by atoms with Crippen LogP contribution in [0.3, 0.4) is 0 Å². The van der Waals surface area contributed by atoms with Crippen molar-refractivity contribution in [2.75, 3.05) is 14.2 Å². The Morgan fingerprint density at radius 2 is 1.85 bits per heavy atom. The largest absolute Gasteiger partial charge is 0.497 e. The van der Waals surface area contributed by atoms with Gasteiger partial charge in [0.25, 0.3) is 5.91 Å². The number of carbonyl (C=O) groups excluding carboxylic acids is 2. The molecule has 3 aliphatic rings. The average Bonchev–Trinajstić information content (AvgIpc) is 3.22. The zero-order valence-electron chi connectivity index (χ0n) is 14.9. The predicted octanol–water partition coefficient (Wildman–Crippen LogP) is 2.12. The molecule has 2 heterocycles. The normalized spacial score (nSPS) is 25.8. The molecule has 0 unspecified atom stereocenters. The van der Waals surface area contributed by atoms with Crippen LogP contribution in [-0.2, 0) is 14.4 Å². The molecule has 0 bridgehead atoms. The van der Waals surface area contributed by atoms with Crippen LogP contribution in [0.15, 0.2) is 23.4 Å². The Hall–Kier alpha value is -2.57. The van der Waals surface area contributed by atoms with Crippen molar-refractivity contribution in [3.8, 4) is 11.5 Å². The maximum atomic E-state index is 13.1. The van der Waals surface area contributed by atoms with Crippen molar-refractivity contribution < 1.29 is 23.9 Å². The molecule has 7 nitrogen and oxygen atoms in total. The number of ether oxygens (including phenoxy) is 2. The highest BCUT2D eigenvalue weighted by Crippen LogP contribution is 2.38. The van der Waals surface area contributed by atoms with Gasteiger partial charge in [0.05, 0.1) is 14.2 Å². The van der Waals surface area contributed by atoms with Crippen LogP contribution in [0.4, 0.5) is 0 Å². The molecule has 2 aliphatic heterocycles. The first-order valence-corrected chi connectivity index (χ1v) is 8.98. The minimum atomic E-state index is -0.855. The molecule has 138 valence electrons. The number of nitrogens with zero attached hydrogens (tertiary/aromatic N) is 2. The fourth-order valence-electron chi connectivity index (χ4n) is 4.13. The Morgan fingerprint density at radius 3 is 2.54 bits per heavy atom. The highest BCUT2D eigenvalue weighted by atomic mass is 16.7. The second-order valence-electron chi connectivity index (χ2n) is 6.88. The zero-order chi connectivity index (χ0) is 18.3. The fourth-order valence-corrected chi connectivity index (χ4v) is 4.13. The van der Waals surface area contributed by atoms with Gasteiger partial charge in [-0.05, 0) is 25.0 Å². The third-order valence-electron chi connectivity index (χ3n) is 5.47. The quantitative estimate of drug-likeness (QED) is 0.771. The lowest BCUT2D eigenvalue weighted by atomic mass is 9.92. The van der Waals surface area contributed by atoms with Gasteiger partial charge in [-0.2, -0.15) is 0 Å². The Morgan fingerprint density at radius 1 is 1.08 bits per heavy atom. The molecule has 1 aromatic rings. The molecule has 0 N–H and O–H groups in total. The second kappa shape index (κ2) is 6.63. The first kappa shape index (κ1) is 16.9. The number of rotatable bonds is 4. The Labute approximate surface area is 151 Å². The van der Waals surface area contributed by atoms with Crippen molar-refractivity contribution in [3.63, 3.8) is 0 Å². The van der Waals surface area contributed by atoms with Crippen molar-refractivity contribution >= 4 is 17.5 Å². The predicted molar refractivity (Wildman–Crippen MR) is 93.2 cm³/mol. The summed E-state index contributed by atoms with van der Waals surface area (Å²) in [5.41, 5.74) is 1.10. The van der Waals surface area contributed by atoms with Gasteiger partial charge in [0.15, 0.2) is 0 Å². The van der Waals surface area contributed by atoms with Gasteiger partial charge in [0.1, 0.15) is 23.1 Å². The highest BCUT2D eigenvalue weighted by molar-refractivity contribution is 6.24. The van der Waals surface area contributed by atoms with Gasteiger partial charge in [-0.25, -0.2) is 0 Å². The van der Waals surface area contributed by atoms with E-state index in [0.717, 1.165) is 32.1 Å². The van der Waals surface area contributed by atoms with Crippen LogP contribution in [0.1, 0.15) is 37.7 Å². The Bertz CT molecular complexity index is 769. The molecule has 26 heavy (non-hydrogen) atoms. The summed E-state index contributed by atoms with van der Waals surface area (Å²) in [6, 6.07) is 5.26. The maximum Gasteiger partial charge on any atom is 0.274 e. The molecular formula is C19H22N2O5. The number of amides is 2. The lowest BCUT2D eigenvalue weighted by Gasteiger charge is -2.29. The molecule has 0 aromatic heterocycles. The van der Waals surface area contributed by atoms with Crippen LogP contribution in [0.25, 0.3) is 0 Å². The molecule has 0 spiro atoms. The van der Waals surface area contributed by atoms with Gasteiger partial charge >= 0.3 is 0 Å². The molecule has 1 saturated carbocycles. The van der Waals surface area contributed by atoms with Gasteiger partial charge in [0.2, 0.25) is 12.0 Å². The summed E-state index contributed by atoms with van der Waals surface area (Å²) >= 11 is 0. The van der Waals surface area contributed by atoms with Crippen molar-refractivity contribution in [1.29, 1.82) is 0 Å². The number of benzene rings is 1. The van der Waals surface area contributed by atoms with Gasteiger partial charge in [-0.3, -0.25) is 14.5 Å². The smallest absolute Gasteiger partial charge is 0.274 e.